The number of nitrogens with zero attached hydrogens (tertiary/aromatic N) is 2. The average molecular weight is 343 g/mol. The zero-order valence-electron chi connectivity index (χ0n) is 9.47. The Bertz CT molecular complexity index is 647. The lowest BCUT2D eigenvalue weighted by atomic mass is 10.2. The Labute approximate surface area is 126 Å². The van der Waals surface area contributed by atoms with Crippen molar-refractivity contribution in [2.75, 3.05) is 5.32 Å². The maximum absolute atomic E-state index is 12.5. The molecular formula is C11H5Cl3F3N3. The van der Waals surface area contributed by atoms with Crippen molar-refractivity contribution in [3.05, 3.63) is 45.3 Å². The lowest BCUT2D eigenvalue weighted by Crippen LogP contribution is -2.05. The number of alkyl halides is 3. The summed E-state index contributed by atoms with van der Waals surface area (Å²) in [5.74, 6) is 0.147. The molecule has 0 aliphatic carbocycles. The Morgan fingerprint density at radius 3 is 2.35 bits per heavy atom. The number of halogens is 6. The Morgan fingerprint density at radius 2 is 1.75 bits per heavy atom. The van der Waals surface area contributed by atoms with Gasteiger partial charge in [0, 0.05) is 0 Å². The quantitative estimate of drug-likeness (QED) is 0.762. The number of nitrogens with one attached hydrogen (secondary N) is 1. The van der Waals surface area contributed by atoms with Crippen molar-refractivity contribution in [2.45, 2.75) is 6.18 Å². The Kier molecular flexibility index (Phi) is 4.27. The van der Waals surface area contributed by atoms with Gasteiger partial charge in [-0.15, -0.1) is 0 Å². The normalized spacial score (nSPS) is 11.5. The maximum atomic E-state index is 12.5. The Hall–Kier alpha value is -1.24. The molecule has 1 aromatic heterocycles. The molecule has 9 heteroatoms. The number of rotatable bonds is 2. The van der Waals surface area contributed by atoms with Crippen molar-refractivity contribution in [1.82, 2.24) is 9.97 Å². The van der Waals surface area contributed by atoms with E-state index in [4.69, 9.17) is 34.8 Å². The molecule has 0 unspecified atom stereocenters. The van der Waals surface area contributed by atoms with Crippen molar-refractivity contribution in [2.24, 2.45) is 0 Å². The molecule has 1 aromatic carbocycles. The summed E-state index contributed by atoms with van der Waals surface area (Å²) in [6, 6.07) is 2.88. The molecule has 0 amide bonds. The molecule has 1 heterocycles. The third-order valence-electron chi connectivity index (χ3n) is 2.26. The largest absolute Gasteiger partial charge is 0.416 e. The van der Waals surface area contributed by atoms with E-state index in [-0.39, 0.29) is 26.8 Å². The van der Waals surface area contributed by atoms with Crippen LogP contribution in [0.3, 0.4) is 0 Å². The summed E-state index contributed by atoms with van der Waals surface area (Å²) in [6.45, 7) is 0. The highest BCUT2D eigenvalue weighted by Gasteiger charge is 2.30. The lowest BCUT2D eigenvalue weighted by molar-refractivity contribution is -0.137. The minimum atomic E-state index is -4.46. The van der Waals surface area contributed by atoms with Gasteiger partial charge in [-0.2, -0.15) is 18.2 Å². The van der Waals surface area contributed by atoms with Crippen LogP contribution in [0.25, 0.3) is 0 Å². The molecule has 1 N–H and O–H groups in total. The molecular weight excluding hydrogens is 337 g/mol. The van der Waals surface area contributed by atoms with E-state index >= 15 is 0 Å². The van der Waals surface area contributed by atoms with Crippen LogP contribution in [0, 0.1) is 0 Å². The van der Waals surface area contributed by atoms with Crippen LogP contribution in [0.15, 0.2) is 24.4 Å². The number of anilines is 2. The van der Waals surface area contributed by atoms with Crippen molar-refractivity contribution in [1.29, 1.82) is 0 Å². The zero-order chi connectivity index (χ0) is 14.9. The molecule has 0 aliphatic heterocycles. The van der Waals surface area contributed by atoms with Gasteiger partial charge in [0.1, 0.15) is 5.02 Å². The molecule has 0 bridgehead atoms. The first kappa shape index (κ1) is 15.2. The summed E-state index contributed by atoms with van der Waals surface area (Å²) in [5.41, 5.74) is -0.629. The number of benzene rings is 1. The van der Waals surface area contributed by atoms with Gasteiger partial charge in [-0.3, -0.25) is 0 Å². The van der Waals surface area contributed by atoms with E-state index in [2.05, 4.69) is 15.3 Å². The van der Waals surface area contributed by atoms with Gasteiger partial charge in [0.15, 0.2) is 5.82 Å². The van der Waals surface area contributed by atoms with E-state index in [1.54, 1.807) is 0 Å². The number of aromatic nitrogens is 2. The summed E-state index contributed by atoms with van der Waals surface area (Å²) in [6.07, 6.45) is -3.20. The van der Waals surface area contributed by atoms with Gasteiger partial charge in [0.2, 0.25) is 5.28 Å². The second-order valence-corrected chi connectivity index (χ2v) is 4.81. The predicted molar refractivity (Wildman–Crippen MR) is 71.8 cm³/mol. The van der Waals surface area contributed by atoms with E-state index in [0.29, 0.717) is 0 Å². The van der Waals surface area contributed by atoms with E-state index in [0.717, 1.165) is 12.1 Å². The molecule has 0 saturated heterocycles. The predicted octanol–water partition coefficient (Wildman–Crippen LogP) is 5.20. The standard InChI is InChI=1S/C11H5Cl3F3N3/c12-6-3-5(11(15,16)17)1-2-8(6)19-9-7(13)4-18-10(14)20-9/h1-4H,(H,18,19,20). The summed E-state index contributed by atoms with van der Waals surface area (Å²) < 4.78 is 37.5. The fourth-order valence-electron chi connectivity index (χ4n) is 1.35. The molecule has 2 rings (SSSR count). The summed E-state index contributed by atoms with van der Waals surface area (Å²) >= 11 is 17.2. The molecule has 0 fully saturated rings. The Balaban J connectivity index is 2.33. The number of hydrogen-bond acceptors (Lipinski definition) is 3. The summed E-state index contributed by atoms with van der Waals surface area (Å²) in [5, 5.41) is 2.68. The molecule has 0 spiro atoms. The van der Waals surface area contributed by atoms with Gasteiger partial charge in [0.25, 0.3) is 0 Å². The second kappa shape index (κ2) is 5.63. The highest BCUT2D eigenvalue weighted by Crippen LogP contribution is 2.35. The van der Waals surface area contributed by atoms with Crippen LogP contribution in [0.4, 0.5) is 24.7 Å². The van der Waals surface area contributed by atoms with Crippen LogP contribution in [-0.4, -0.2) is 9.97 Å². The first-order valence-electron chi connectivity index (χ1n) is 5.09. The topological polar surface area (TPSA) is 37.8 Å². The maximum Gasteiger partial charge on any atom is 0.416 e. The van der Waals surface area contributed by atoms with Crippen LogP contribution < -0.4 is 5.32 Å². The van der Waals surface area contributed by atoms with Gasteiger partial charge in [-0.25, -0.2) is 4.98 Å². The third-order valence-corrected chi connectivity index (χ3v) is 3.04. The van der Waals surface area contributed by atoms with Gasteiger partial charge in [-0.1, -0.05) is 23.2 Å². The second-order valence-electron chi connectivity index (χ2n) is 3.65. The van der Waals surface area contributed by atoms with Crippen LogP contribution in [0.5, 0.6) is 0 Å². The summed E-state index contributed by atoms with van der Waals surface area (Å²) in [4.78, 5) is 7.46. The van der Waals surface area contributed by atoms with E-state index < -0.39 is 11.7 Å². The third kappa shape index (κ3) is 3.45. The van der Waals surface area contributed by atoms with E-state index in [9.17, 15) is 13.2 Å². The molecule has 0 radical (unpaired) electrons. The first-order chi connectivity index (χ1) is 9.27. The fourth-order valence-corrected chi connectivity index (χ4v) is 1.85. The van der Waals surface area contributed by atoms with Crippen LogP contribution in [-0.2, 0) is 6.18 Å². The van der Waals surface area contributed by atoms with Crippen LogP contribution in [0.2, 0.25) is 15.3 Å². The minimum absolute atomic E-state index is 0.0556. The molecule has 0 atom stereocenters. The highest BCUT2D eigenvalue weighted by atomic mass is 35.5. The smallest absolute Gasteiger partial charge is 0.338 e. The molecule has 0 saturated carbocycles. The average Bonchev–Trinajstić information content (AvgIpc) is 2.35. The molecule has 106 valence electrons. The first-order valence-corrected chi connectivity index (χ1v) is 6.22. The van der Waals surface area contributed by atoms with Gasteiger partial charge in [-0.05, 0) is 29.8 Å². The SMILES string of the molecule is FC(F)(F)c1ccc(Nc2nc(Cl)ncc2Cl)c(Cl)c1. The van der Waals surface area contributed by atoms with Crippen LogP contribution in [0.1, 0.15) is 5.56 Å². The van der Waals surface area contributed by atoms with Gasteiger partial charge in [0.05, 0.1) is 22.5 Å². The molecule has 3 nitrogen and oxygen atoms in total. The van der Waals surface area contributed by atoms with Crippen molar-refractivity contribution in [3.8, 4) is 0 Å². The monoisotopic (exact) mass is 341 g/mol. The zero-order valence-corrected chi connectivity index (χ0v) is 11.7. The molecule has 0 aliphatic rings. The van der Waals surface area contributed by atoms with Crippen molar-refractivity contribution < 1.29 is 13.2 Å². The number of hydrogen-bond donors (Lipinski definition) is 1. The lowest BCUT2D eigenvalue weighted by Gasteiger charge is -2.12. The van der Waals surface area contributed by atoms with E-state index in [1.807, 2.05) is 0 Å². The summed E-state index contributed by atoms with van der Waals surface area (Å²) in [7, 11) is 0. The fraction of sp³-hybridized carbons (Fsp3) is 0.0909. The van der Waals surface area contributed by atoms with Gasteiger partial charge < -0.3 is 5.32 Å². The van der Waals surface area contributed by atoms with Gasteiger partial charge >= 0.3 is 6.18 Å². The highest BCUT2D eigenvalue weighted by molar-refractivity contribution is 6.35. The van der Waals surface area contributed by atoms with Crippen molar-refractivity contribution in [3.63, 3.8) is 0 Å². The molecule has 2 aromatic rings. The van der Waals surface area contributed by atoms with E-state index in [1.165, 1.54) is 12.3 Å². The van der Waals surface area contributed by atoms with Crippen molar-refractivity contribution >= 4 is 46.3 Å². The molecule has 20 heavy (non-hydrogen) atoms. The minimum Gasteiger partial charge on any atom is -0.338 e. The Morgan fingerprint density at radius 1 is 1.05 bits per heavy atom. The van der Waals surface area contributed by atoms with Crippen LogP contribution >= 0.6 is 34.8 Å².